The van der Waals surface area contributed by atoms with Gasteiger partial charge in [-0.25, -0.2) is 14.6 Å². The van der Waals surface area contributed by atoms with Crippen molar-refractivity contribution in [3.8, 4) is 11.8 Å². The zero-order chi connectivity index (χ0) is 15.9. The highest BCUT2D eigenvalue weighted by molar-refractivity contribution is 7.14. The number of rotatable bonds is 3. The molecule has 7 heteroatoms. The van der Waals surface area contributed by atoms with Crippen LogP contribution in [-0.2, 0) is 9.47 Å². The normalized spacial score (nSPS) is 10.3. The predicted molar refractivity (Wildman–Crippen MR) is 79.2 cm³/mol. The smallest absolute Gasteiger partial charge is 0.407 e. The van der Waals surface area contributed by atoms with E-state index < -0.39 is 17.7 Å². The zero-order valence-corrected chi connectivity index (χ0v) is 13.3. The maximum Gasteiger partial charge on any atom is 0.407 e. The molecule has 0 saturated carbocycles. The van der Waals surface area contributed by atoms with Crippen molar-refractivity contribution in [2.24, 2.45) is 0 Å². The molecule has 0 aliphatic rings. The number of methoxy groups -OCH3 is 1. The quantitative estimate of drug-likeness (QED) is 0.526. The van der Waals surface area contributed by atoms with Gasteiger partial charge in [0.1, 0.15) is 10.5 Å². The Balaban J connectivity index is 2.35. The van der Waals surface area contributed by atoms with Crippen LogP contribution in [0.3, 0.4) is 0 Å². The Hall–Kier alpha value is -2.07. The molecule has 114 valence electrons. The molecule has 0 saturated heterocycles. The van der Waals surface area contributed by atoms with E-state index in [1.165, 1.54) is 24.6 Å². The fourth-order valence-electron chi connectivity index (χ4n) is 1.21. The van der Waals surface area contributed by atoms with Crippen LogP contribution in [0.15, 0.2) is 6.20 Å². The van der Waals surface area contributed by atoms with Crippen LogP contribution in [0.5, 0.6) is 0 Å². The van der Waals surface area contributed by atoms with Crippen LogP contribution in [-0.4, -0.2) is 36.3 Å². The van der Waals surface area contributed by atoms with Gasteiger partial charge in [0.2, 0.25) is 0 Å². The largest absolute Gasteiger partial charge is 0.465 e. The summed E-state index contributed by atoms with van der Waals surface area (Å²) in [6.45, 7) is 5.78. The molecule has 0 unspecified atom stereocenters. The first-order valence-corrected chi connectivity index (χ1v) is 7.13. The second-order valence-corrected chi connectivity index (χ2v) is 6.03. The second kappa shape index (κ2) is 7.64. The van der Waals surface area contributed by atoms with Crippen LogP contribution in [0.25, 0.3) is 0 Å². The molecule has 1 aromatic heterocycles. The van der Waals surface area contributed by atoms with E-state index in [-0.39, 0.29) is 0 Å². The summed E-state index contributed by atoms with van der Waals surface area (Å²) in [4.78, 5) is 27.0. The topological polar surface area (TPSA) is 77.5 Å². The average molecular weight is 310 g/mol. The summed E-state index contributed by atoms with van der Waals surface area (Å²) in [7, 11) is 1.32. The Morgan fingerprint density at radius 3 is 2.76 bits per heavy atom. The molecule has 6 nitrogen and oxygen atoms in total. The Morgan fingerprint density at radius 1 is 1.43 bits per heavy atom. The van der Waals surface area contributed by atoms with Gasteiger partial charge in [-0.3, -0.25) is 0 Å². The molecule has 0 bridgehead atoms. The molecule has 0 aliphatic heterocycles. The van der Waals surface area contributed by atoms with Crippen LogP contribution in [0.2, 0.25) is 0 Å². The van der Waals surface area contributed by atoms with Gasteiger partial charge in [-0.05, 0) is 26.7 Å². The van der Waals surface area contributed by atoms with Gasteiger partial charge in [0.05, 0.1) is 13.3 Å². The first-order valence-electron chi connectivity index (χ1n) is 6.31. The summed E-state index contributed by atoms with van der Waals surface area (Å²) in [5.74, 6) is 5.27. The lowest BCUT2D eigenvalue weighted by atomic mass is 10.2. The molecule has 0 spiro atoms. The first kappa shape index (κ1) is 17.0. The van der Waals surface area contributed by atoms with Crippen molar-refractivity contribution in [3.05, 3.63) is 16.1 Å². The van der Waals surface area contributed by atoms with E-state index in [1.54, 1.807) is 20.8 Å². The van der Waals surface area contributed by atoms with Crippen molar-refractivity contribution >= 4 is 23.4 Å². The lowest BCUT2D eigenvalue weighted by Gasteiger charge is -2.19. The molecule has 1 heterocycles. The molecule has 0 fully saturated rings. The van der Waals surface area contributed by atoms with Gasteiger partial charge in [0.15, 0.2) is 5.01 Å². The number of carbonyl (C=O) groups excluding carboxylic acids is 2. The molecule has 1 N–H and O–H groups in total. The lowest BCUT2D eigenvalue weighted by Crippen LogP contribution is -2.32. The minimum Gasteiger partial charge on any atom is -0.465 e. The number of nitrogens with one attached hydrogen (secondary N) is 1. The van der Waals surface area contributed by atoms with Crippen LogP contribution in [0.1, 0.15) is 41.9 Å². The molecular weight excluding hydrogens is 292 g/mol. The SMILES string of the molecule is COC(=O)c1cnc(C#CCCNC(=O)OC(C)(C)C)s1. The van der Waals surface area contributed by atoms with E-state index in [1.807, 2.05) is 0 Å². The molecule has 0 aromatic carbocycles. The molecule has 1 amide bonds. The summed E-state index contributed by atoms with van der Waals surface area (Å²) in [6.07, 6.45) is 1.43. The third kappa shape index (κ3) is 6.77. The van der Waals surface area contributed by atoms with Gasteiger partial charge in [0.25, 0.3) is 0 Å². The second-order valence-electron chi connectivity index (χ2n) is 5.00. The average Bonchev–Trinajstić information content (AvgIpc) is 2.84. The standard InChI is InChI=1S/C14H18N2O4S/c1-14(2,3)20-13(18)15-8-6-5-7-11-16-9-10(21-11)12(17)19-4/h9H,6,8H2,1-4H3,(H,15,18). The van der Waals surface area contributed by atoms with Crippen molar-refractivity contribution in [1.82, 2.24) is 10.3 Å². The van der Waals surface area contributed by atoms with Crippen molar-refractivity contribution in [3.63, 3.8) is 0 Å². The van der Waals surface area contributed by atoms with Crippen molar-refractivity contribution < 1.29 is 19.1 Å². The summed E-state index contributed by atoms with van der Waals surface area (Å²) < 4.78 is 9.67. The molecule has 0 atom stereocenters. The Labute approximate surface area is 127 Å². The molecule has 1 rings (SSSR count). The molecule has 0 radical (unpaired) electrons. The van der Waals surface area contributed by atoms with E-state index in [0.717, 1.165) is 0 Å². The van der Waals surface area contributed by atoms with Crippen molar-refractivity contribution in [1.29, 1.82) is 0 Å². The fourth-order valence-corrected chi connectivity index (χ4v) is 1.92. The van der Waals surface area contributed by atoms with E-state index in [2.05, 4.69) is 26.9 Å². The van der Waals surface area contributed by atoms with E-state index in [4.69, 9.17) is 4.74 Å². The molecular formula is C14H18N2O4S. The van der Waals surface area contributed by atoms with Crippen LogP contribution >= 0.6 is 11.3 Å². The first-order chi connectivity index (χ1) is 9.81. The number of thiazole rings is 1. The number of ether oxygens (including phenoxy) is 2. The number of hydrogen-bond acceptors (Lipinski definition) is 6. The van der Waals surface area contributed by atoms with Crippen LogP contribution in [0.4, 0.5) is 4.79 Å². The molecule has 1 aromatic rings. The van der Waals surface area contributed by atoms with E-state index in [9.17, 15) is 9.59 Å². The Bertz CT molecular complexity index is 564. The van der Waals surface area contributed by atoms with E-state index in [0.29, 0.717) is 22.9 Å². The summed E-state index contributed by atoms with van der Waals surface area (Å²) in [5, 5.41) is 3.14. The number of hydrogen-bond donors (Lipinski definition) is 1. The van der Waals surface area contributed by atoms with E-state index >= 15 is 0 Å². The summed E-state index contributed by atoms with van der Waals surface area (Å²) >= 11 is 1.17. The third-order valence-corrected chi connectivity index (χ3v) is 2.90. The Morgan fingerprint density at radius 2 is 2.14 bits per heavy atom. The maximum atomic E-state index is 11.4. The van der Waals surface area contributed by atoms with Gasteiger partial charge in [-0.1, -0.05) is 17.3 Å². The highest BCUT2D eigenvalue weighted by atomic mass is 32.1. The van der Waals surface area contributed by atoms with Crippen molar-refractivity contribution in [2.45, 2.75) is 32.8 Å². The number of alkyl carbamates (subject to hydrolysis) is 1. The summed E-state index contributed by atoms with van der Waals surface area (Å²) in [6, 6.07) is 0. The Kier molecular flexibility index (Phi) is 6.18. The lowest BCUT2D eigenvalue weighted by molar-refractivity contribution is 0.0528. The monoisotopic (exact) mass is 310 g/mol. The zero-order valence-electron chi connectivity index (χ0n) is 12.5. The maximum absolute atomic E-state index is 11.4. The minimum atomic E-state index is -0.513. The van der Waals surface area contributed by atoms with Gasteiger partial charge in [0, 0.05) is 13.0 Å². The number of esters is 1. The number of carbonyl (C=O) groups is 2. The van der Waals surface area contributed by atoms with Gasteiger partial charge in [-0.15, -0.1) is 0 Å². The number of nitrogens with zero attached hydrogens (tertiary/aromatic N) is 1. The minimum absolute atomic E-state index is 0.386. The molecule has 0 aliphatic carbocycles. The highest BCUT2D eigenvalue weighted by Gasteiger charge is 2.15. The van der Waals surface area contributed by atoms with Gasteiger partial charge < -0.3 is 14.8 Å². The number of aromatic nitrogens is 1. The third-order valence-electron chi connectivity index (χ3n) is 2.01. The highest BCUT2D eigenvalue weighted by Crippen LogP contribution is 2.12. The van der Waals surface area contributed by atoms with Gasteiger partial charge >= 0.3 is 12.1 Å². The van der Waals surface area contributed by atoms with Gasteiger partial charge in [-0.2, -0.15) is 0 Å². The van der Waals surface area contributed by atoms with Crippen molar-refractivity contribution in [2.75, 3.05) is 13.7 Å². The predicted octanol–water partition coefficient (Wildman–Crippen LogP) is 2.20. The number of amides is 1. The summed E-state index contributed by atoms with van der Waals surface area (Å²) in [5.41, 5.74) is -0.513. The van der Waals surface area contributed by atoms with Crippen LogP contribution < -0.4 is 5.32 Å². The fraction of sp³-hybridized carbons (Fsp3) is 0.500. The molecule has 21 heavy (non-hydrogen) atoms. The van der Waals surface area contributed by atoms with Crippen LogP contribution in [0, 0.1) is 11.8 Å².